The number of benzene rings is 1. The number of ether oxygens (including phenoxy) is 2. The number of hydrogen-bond donors (Lipinski definition) is 2. The first-order valence-corrected chi connectivity index (χ1v) is 8.60. The Kier molecular flexibility index (Phi) is 8.58. The minimum Gasteiger partial charge on any atom is -0.423 e. The van der Waals surface area contributed by atoms with Crippen LogP contribution in [0.4, 0.5) is 0 Å². The Morgan fingerprint density at radius 1 is 1.00 bits per heavy atom. The Hall–Kier alpha value is -1.92. The summed E-state index contributed by atoms with van der Waals surface area (Å²) in [6.45, 7) is 8.02. The number of nitrogens with one attached hydrogen (secondary N) is 1. The fourth-order valence-corrected chi connectivity index (χ4v) is 2.20. The molecule has 6 heteroatoms. The summed E-state index contributed by atoms with van der Waals surface area (Å²) in [7, 11) is 1.73. The van der Waals surface area contributed by atoms with E-state index in [0.29, 0.717) is 12.1 Å². The average Bonchev–Trinajstić information content (AvgIpc) is 2.47. The van der Waals surface area contributed by atoms with E-state index in [1.165, 1.54) is 6.07 Å². The summed E-state index contributed by atoms with van der Waals surface area (Å²) in [4.78, 5) is 23.9. The molecular weight excluding hydrogens is 322 g/mol. The molecule has 25 heavy (non-hydrogen) atoms. The topological polar surface area (TPSA) is 84.9 Å². The van der Waals surface area contributed by atoms with Crippen molar-refractivity contribution >= 4 is 11.9 Å². The highest BCUT2D eigenvalue weighted by molar-refractivity contribution is 5.76. The van der Waals surface area contributed by atoms with Crippen LogP contribution in [-0.2, 0) is 9.59 Å². The van der Waals surface area contributed by atoms with Crippen molar-refractivity contribution in [1.82, 2.24) is 5.32 Å². The summed E-state index contributed by atoms with van der Waals surface area (Å²) in [6.07, 6.45) is -0.236. The summed E-state index contributed by atoms with van der Waals surface area (Å²) < 4.78 is 10.7. The van der Waals surface area contributed by atoms with Crippen LogP contribution < -0.4 is 14.8 Å². The van der Waals surface area contributed by atoms with Gasteiger partial charge in [0.15, 0.2) is 11.5 Å². The number of carbonyl (C=O) groups excluding carboxylic acids is 2. The maximum Gasteiger partial charge on any atom is 0.311 e. The molecule has 140 valence electrons. The monoisotopic (exact) mass is 351 g/mol. The Morgan fingerprint density at radius 2 is 1.52 bits per heavy atom. The smallest absolute Gasteiger partial charge is 0.311 e. The molecule has 0 aliphatic carbocycles. The van der Waals surface area contributed by atoms with Crippen LogP contribution in [0.1, 0.15) is 52.2 Å². The van der Waals surface area contributed by atoms with Crippen molar-refractivity contribution in [3.8, 4) is 11.5 Å². The Labute approximate surface area is 149 Å². The van der Waals surface area contributed by atoms with Gasteiger partial charge in [0.05, 0.1) is 6.10 Å². The van der Waals surface area contributed by atoms with Crippen molar-refractivity contribution < 1.29 is 24.2 Å². The van der Waals surface area contributed by atoms with Crippen molar-refractivity contribution in [3.63, 3.8) is 0 Å². The van der Waals surface area contributed by atoms with Crippen molar-refractivity contribution in [2.75, 3.05) is 13.6 Å². The number of rotatable bonds is 9. The minimum atomic E-state index is -0.757. The van der Waals surface area contributed by atoms with Gasteiger partial charge in [-0.3, -0.25) is 9.59 Å². The molecule has 1 atom stereocenters. The van der Waals surface area contributed by atoms with E-state index >= 15 is 0 Å². The van der Waals surface area contributed by atoms with Gasteiger partial charge in [-0.15, -0.1) is 0 Å². The first-order chi connectivity index (χ1) is 11.7. The number of esters is 2. The predicted octanol–water partition coefficient (Wildman–Crippen LogP) is 2.84. The minimum absolute atomic E-state index is 0.149. The van der Waals surface area contributed by atoms with Gasteiger partial charge in [0.1, 0.15) is 0 Å². The van der Waals surface area contributed by atoms with Gasteiger partial charge in [0, 0.05) is 19.4 Å². The maximum absolute atomic E-state index is 12.0. The lowest BCUT2D eigenvalue weighted by Crippen LogP contribution is -2.18. The lowest BCUT2D eigenvalue weighted by molar-refractivity contribution is -0.138. The van der Waals surface area contributed by atoms with E-state index in [1.54, 1.807) is 19.2 Å². The molecule has 2 N–H and O–H groups in total. The molecule has 0 saturated carbocycles. The molecule has 1 aromatic rings. The molecule has 0 heterocycles. The largest absolute Gasteiger partial charge is 0.423 e. The molecule has 0 radical (unpaired) electrons. The van der Waals surface area contributed by atoms with E-state index < -0.39 is 12.1 Å². The third kappa shape index (κ3) is 7.67. The highest BCUT2D eigenvalue weighted by atomic mass is 16.6. The lowest BCUT2D eigenvalue weighted by Gasteiger charge is -2.16. The summed E-state index contributed by atoms with van der Waals surface area (Å²) in [6, 6.07) is 4.74. The molecule has 0 fully saturated rings. The van der Waals surface area contributed by atoms with Crippen LogP contribution in [0.15, 0.2) is 18.2 Å². The number of aliphatic hydroxyl groups excluding tert-OH is 1. The second-order valence-corrected chi connectivity index (χ2v) is 6.92. The fraction of sp³-hybridized carbons (Fsp3) is 0.579. The molecule has 0 aliphatic rings. The standard InChI is InChI=1S/C19H29NO5/c1-12(2)8-18(22)24-16-7-6-14(15(21)11-20-5)10-17(16)25-19(23)9-13(3)4/h6-7,10,12-13,15,20-21H,8-9,11H2,1-5H3. The molecule has 0 bridgehead atoms. The number of likely N-dealkylation sites (N-methyl/N-ethyl adjacent to an activating group) is 1. The Balaban J connectivity index is 3.04. The van der Waals surface area contributed by atoms with E-state index in [4.69, 9.17) is 9.47 Å². The predicted molar refractivity (Wildman–Crippen MR) is 95.5 cm³/mol. The third-order valence-electron chi connectivity index (χ3n) is 3.35. The fourth-order valence-electron chi connectivity index (χ4n) is 2.20. The summed E-state index contributed by atoms with van der Waals surface area (Å²) in [5.74, 6) is -0.150. The normalized spacial score (nSPS) is 12.3. The average molecular weight is 351 g/mol. The van der Waals surface area contributed by atoms with Crippen LogP contribution in [0.2, 0.25) is 0 Å². The van der Waals surface area contributed by atoms with Crippen LogP contribution in [0.3, 0.4) is 0 Å². The molecule has 0 saturated heterocycles. The van der Waals surface area contributed by atoms with Gasteiger partial charge in [0.2, 0.25) is 0 Å². The molecule has 1 unspecified atom stereocenters. The molecule has 0 aromatic heterocycles. The zero-order valence-corrected chi connectivity index (χ0v) is 15.7. The summed E-state index contributed by atoms with van der Waals surface area (Å²) in [5.41, 5.74) is 0.574. The van der Waals surface area contributed by atoms with Crippen LogP contribution in [0, 0.1) is 11.8 Å². The Morgan fingerprint density at radius 3 is 2.00 bits per heavy atom. The van der Waals surface area contributed by atoms with Gasteiger partial charge >= 0.3 is 11.9 Å². The van der Waals surface area contributed by atoms with Crippen LogP contribution in [0.5, 0.6) is 11.5 Å². The molecule has 0 amide bonds. The van der Waals surface area contributed by atoms with Crippen LogP contribution in [0.25, 0.3) is 0 Å². The highest BCUT2D eigenvalue weighted by Crippen LogP contribution is 2.31. The second kappa shape index (κ2) is 10.2. The van der Waals surface area contributed by atoms with Gasteiger partial charge in [-0.2, -0.15) is 0 Å². The first kappa shape index (κ1) is 21.1. The number of aliphatic hydroxyl groups is 1. The van der Waals surface area contributed by atoms with E-state index in [2.05, 4.69) is 5.32 Å². The molecule has 1 aromatic carbocycles. The molecule has 0 aliphatic heterocycles. The van der Waals surface area contributed by atoms with Gasteiger partial charge in [-0.1, -0.05) is 33.8 Å². The van der Waals surface area contributed by atoms with Gasteiger partial charge in [0.25, 0.3) is 0 Å². The molecule has 6 nitrogen and oxygen atoms in total. The zero-order valence-electron chi connectivity index (χ0n) is 15.7. The zero-order chi connectivity index (χ0) is 19.0. The summed E-state index contributed by atoms with van der Waals surface area (Å²) in [5, 5.41) is 13.0. The lowest BCUT2D eigenvalue weighted by atomic mass is 10.1. The number of hydrogen-bond acceptors (Lipinski definition) is 6. The summed E-state index contributed by atoms with van der Waals surface area (Å²) >= 11 is 0. The van der Waals surface area contributed by atoms with Crippen molar-refractivity contribution in [2.45, 2.75) is 46.6 Å². The third-order valence-corrected chi connectivity index (χ3v) is 3.35. The first-order valence-electron chi connectivity index (χ1n) is 8.60. The maximum atomic E-state index is 12.0. The molecular formula is C19H29NO5. The Bertz CT molecular complexity index is 583. The van der Waals surface area contributed by atoms with Gasteiger partial charge in [-0.05, 0) is 36.6 Å². The number of carbonyl (C=O) groups is 2. The SMILES string of the molecule is CNCC(O)c1ccc(OC(=O)CC(C)C)c(OC(=O)CC(C)C)c1. The second-order valence-electron chi connectivity index (χ2n) is 6.92. The van der Waals surface area contributed by atoms with E-state index in [9.17, 15) is 14.7 Å². The molecule has 0 spiro atoms. The van der Waals surface area contributed by atoms with E-state index in [-0.39, 0.29) is 42.1 Å². The van der Waals surface area contributed by atoms with E-state index in [0.717, 1.165) is 0 Å². The van der Waals surface area contributed by atoms with Crippen LogP contribution >= 0.6 is 0 Å². The highest BCUT2D eigenvalue weighted by Gasteiger charge is 2.18. The van der Waals surface area contributed by atoms with Crippen molar-refractivity contribution in [1.29, 1.82) is 0 Å². The molecule has 1 rings (SSSR count). The quantitative estimate of drug-likeness (QED) is 0.526. The van der Waals surface area contributed by atoms with E-state index in [1.807, 2.05) is 27.7 Å². The van der Waals surface area contributed by atoms with Gasteiger partial charge < -0.3 is 19.9 Å². The van der Waals surface area contributed by atoms with Crippen molar-refractivity contribution in [3.05, 3.63) is 23.8 Å². The van der Waals surface area contributed by atoms with Crippen molar-refractivity contribution in [2.24, 2.45) is 11.8 Å². The van der Waals surface area contributed by atoms with Gasteiger partial charge in [-0.25, -0.2) is 0 Å². The van der Waals surface area contributed by atoms with Crippen LogP contribution in [-0.4, -0.2) is 30.6 Å².